The van der Waals surface area contributed by atoms with Crippen LogP contribution in [0.5, 0.6) is 0 Å². The predicted molar refractivity (Wildman–Crippen MR) is 132 cm³/mol. The van der Waals surface area contributed by atoms with E-state index in [4.69, 9.17) is 4.74 Å². The normalized spacial score (nSPS) is 13.6. The topological polar surface area (TPSA) is 80.8 Å². The molecule has 0 saturated heterocycles. The number of hydrogen-bond donors (Lipinski definition) is 0. The molecular weight excluding hydrogens is 442 g/mol. The Morgan fingerprint density at radius 1 is 0.771 bits per heavy atom. The van der Waals surface area contributed by atoms with Gasteiger partial charge in [-0.1, -0.05) is 66.2 Å². The Morgan fingerprint density at radius 2 is 1.43 bits per heavy atom. The van der Waals surface area contributed by atoms with Crippen LogP contribution in [0.15, 0.2) is 84.9 Å². The Hall–Kier alpha value is -4.58. The van der Waals surface area contributed by atoms with Crippen LogP contribution in [0.2, 0.25) is 0 Å². The second kappa shape index (κ2) is 8.65. The highest BCUT2D eigenvalue weighted by atomic mass is 16.5. The third-order valence-corrected chi connectivity index (χ3v) is 6.12. The summed E-state index contributed by atoms with van der Waals surface area (Å²) in [5.41, 5.74) is 2.36. The van der Waals surface area contributed by atoms with Gasteiger partial charge in [-0.05, 0) is 43.5 Å². The van der Waals surface area contributed by atoms with Gasteiger partial charge >= 0.3 is 5.97 Å². The van der Waals surface area contributed by atoms with Crippen LogP contribution in [0, 0.1) is 6.92 Å². The zero-order valence-corrected chi connectivity index (χ0v) is 19.1. The molecule has 1 heterocycles. The fourth-order valence-electron chi connectivity index (χ4n) is 4.22. The van der Waals surface area contributed by atoms with Gasteiger partial charge in [0.2, 0.25) is 5.78 Å². The van der Waals surface area contributed by atoms with Gasteiger partial charge in [-0.15, -0.1) is 0 Å². The van der Waals surface area contributed by atoms with Gasteiger partial charge < -0.3 is 4.74 Å². The van der Waals surface area contributed by atoms with E-state index in [1.165, 1.54) is 25.1 Å². The summed E-state index contributed by atoms with van der Waals surface area (Å²) < 4.78 is 5.38. The lowest BCUT2D eigenvalue weighted by Crippen LogP contribution is -2.29. The molecule has 35 heavy (non-hydrogen) atoms. The van der Waals surface area contributed by atoms with Gasteiger partial charge in [0.05, 0.1) is 22.4 Å². The molecule has 1 aliphatic heterocycles. The van der Waals surface area contributed by atoms with Crippen LogP contribution in [0.3, 0.4) is 0 Å². The third-order valence-electron chi connectivity index (χ3n) is 6.12. The van der Waals surface area contributed by atoms with Crippen LogP contribution in [0.1, 0.15) is 53.9 Å². The van der Waals surface area contributed by atoms with Gasteiger partial charge in [-0.25, -0.2) is 9.69 Å². The Labute approximate surface area is 201 Å². The van der Waals surface area contributed by atoms with Crippen LogP contribution in [0.25, 0.3) is 10.8 Å². The number of imide groups is 1. The Morgan fingerprint density at radius 3 is 2.20 bits per heavy atom. The summed E-state index contributed by atoms with van der Waals surface area (Å²) in [4.78, 5) is 52.9. The number of aryl methyl sites for hydroxylation is 1. The summed E-state index contributed by atoms with van der Waals surface area (Å²) in [6, 6.07) is 24.1. The van der Waals surface area contributed by atoms with E-state index in [0.29, 0.717) is 11.3 Å². The Kier molecular flexibility index (Phi) is 5.49. The molecule has 6 nitrogen and oxygen atoms in total. The van der Waals surface area contributed by atoms with Gasteiger partial charge in [-0.2, -0.15) is 0 Å². The van der Waals surface area contributed by atoms with E-state index in [1.54, 1.807) is 24.3 Å². The molecule has 0 aromatic heterocycles. The number of rotatable bonds is 5. The predicted octanol–water partition coefficient (Wildman–Crippen LogP) is 5.38. The van der Waals surface area contributed by atoms with Gasteiger partial charge in [0, 0.05) is 10.9 Å². The minimum absolute atomic E-state index is 0.0909. The van der Waals surface area contributed by atoms with E-state index < -0.39 is 23.9 Å². The van der Waals surface area contributed by atoms with Crippen LogP contribution >= 0.6 is 0 Å². The molecular formula is C29H21NO5. The lowest BCUT2D eigenvalue weighted by atomic mass is 10.0. The van der Waals surface area contributed by atoms with Crippen LogP contribution < -0.4 is 4.90 Å². The van der Waals surface area contributed by atoms with E-state index in [2.05, 4.69) is 0 Å². The first-order valence-electron chi connectivity index (χ1n) is 11.2. The molecule has 2 amide bonds. The van der Waals surface area contributed by atoms with E-state index in [1.807, 2.05) is 49.4 Å². The number of esters is 1. The third kappa shape index (κ3) is 3.89. The minimum atomic E-state index is -1.01. The molecule has 0 aliphatic carbocycles. The number of carbonyl (C=O) groups is 4. The van der Waals surface area contributed by atoms with Gasteiger partial charge in [0.25, 0.3) is 11.8 Å². The van der Waals surface area contributed by atoms with E-state index >= 15 is 0 Å². The number of Topliss-reactive ketones (excluding diaryl/α,β-unsaturated/α-hetero) is 1. The average Bonchev–Trinajstić information content (AvgIpc) is 3.12. The fraction of sp³-hybridized carbons (Fsp3) is 0.103. The van der Waals surface area contributed by atoms with Crippen LogP contribution in [-0.4, -0.2) is 29.7 Å². The molecule has 0 bridgehead atoms. The number of carbonyl (C=O) groups excluding carboxylic acids is 4. The van der Waals surface area contributed by atoms with Crippen molar-refractivity contribution in [1.29, 1.82) is 0 Å². The Bertz CT molecular complexity index is 1510. The highest BCUT2D eigenvalue weighted by Crippen LogP contribution is 2.34. The highest BCUT2D eigenvalue weighted by molar-refractivity contribution is 6.36. The quantitative estimate of drug-likeness (QED) is 0.226. The maximum absolute atomic E-state index is 13.3. The molecule has 172 valence electrons. The van der Waals surface area contributed by atoms with Crippen molar-refractivity contribution in [3.8, 4) is 0 Å². The lowest BCUT2D eigenvalue weighted by molar-refractivity contribution is 0.0318. The van der Waals surface area contributed by atoms with E-state index in [0.717, 1.165) is 21.2 Å². The number of fused-ring (bicyclic) bond motifs is 2. The van der Waals surface area contributed by atoms with Crippen molar-refractivity contribution >= 4 is 40.0 Å². The van der Waals surface area contributed by atoms with E-state index in [9.17, 15) is 19.2 Å². The van der Waals surface area contributed by atoms with Crippen molar-refractivity contribution in [3.05, 3.63) is 113 Å². The number of benzene rings is 4. The average molecular weight is 463 g/mol. The summed E-state index contributed by atoms with van der Waals surface area (Å²) in [5, 5.41) is 1.67. The van der Waals surface area contributed by atoms with Crippen molar-refractivity contribution in [2.45, 2.75) is 20.0 Å². The first-order chi connectivity index (χ1) is 16.8. The molecule has 0 radical (unpaired) electrons. The number of hydrogen-bond acceptors (Lipinski definition) is 5. The van der Waals surface area contributed by atoms with Crippen molar-refractivity contribution in [1.82, 2.24) is 0 Å². The summed E-state index contributed by atoms with van der Waals surface area (Å²) in [6.07, 6.45) is -1.01. The standard InChI is InChI=1S/C29H21NO5/c1-17-10-12-20(13-11-17)26(31)18(2)35-29(34)21-14-15-23-24(16-21)28(33)30(27(23)32)25-9-5-7-19-6-3-4-8-22(19)25/h3-16,18H,1-2H3/t18-/m1/s1. The summed E-state index contributed by atoms with van der Waals surface area (Å²) in [7, 11) is 0. The molecule has 0 unspecified atom stereocenters. The summed E-state index contributed by atoms with van der Waals surface area (Å²) in [6.45, 7) is 3.42. The summed E-state index contributed by atoms with van der Waals surface area (Å²) in [5.74, 6) is -2.04. The molecule has 0 N–H and O–H groups in total. The molecule has 1 aliphatic rings. The molecule has 0 saturated carbocycles. The lowest BCUT2D eigenvalue weighted by Gasteiger charge is -2.16. The second-order valence-electron chi connectivity index (χ2n) is 8.48. The van der Waals surface area contributed by atoms with Crippen molar-refractivity contribution in [2.24, 2.45) is 0 Å². The first kappa shape index (κ1) is 22.2. The highest BCUT2D eigenvalue weighted by Gasteiger charge is 2.38. The number of anilines is 1. The number of nitrogens with zero attached hydrogens (tertiary/aromatic N) is 1. The number of ketones is 1. The molecule has 4 aromatic carbocycles. The maximum Gasteiger partial charge on any atom is 0.338 e. The van der Waals surface area contributed by atoms with Gasteiger partial charge in [-0.3, -0.25) is 14.4 Å². The largest absolute Gasteiger partial charge is 0.451 e. The zero-order chi connectivity index (χ0) is 24.7. The van der Waals surface area contributed by atoms with Crippen LogP contribution in [-0.2, 0) is 4.74 Å². The molecule has 5 rings (SSSR count). The smallest absolute Gasteiger partial charge is 0.338 e. The van der Waals surface area contributed by atoms with Crippen molar-refractivity contribution < 1.29 is 23.9 Å². The molecule has 4 aromatic rings. The van der Waals surface area contributed by atoms with Crippen molar-refractivity contribution in [2.75, 3.05) is 4.90 Å². The first-order valence-corrected chi connectivity index (χ1v) is 11.2. The number of ether oxygens (including phenoxy) is 1. The molecule has 6 heteroatoms. The SMILES string of the molecule is Cc1ccc(C(=O)[C@@H](C)OC(=O)c2ccc3c(c2)C(=O)N(c2cccc4ccccc24)C3=O)cc1. The minimum Gasteiger partial charge on any atom is -0.451 e. The zero-order valence-electron chi connectivity index (χ0n) is 19.1. The molecule has 0 fully saturated rings. The Balaban J connectivity index is 1.40. The second-order valence-corrected chi connectivity index (χ2v) is 8.48. The molecule has 0 spiro atoms. The van der Waals surface area contributed by atoms with Crippen molar-refractivity contribution in [3.63, 3.8) is 0 Å². The van der Waals surface area contributed by atoms with Crippen LogP contribution in [0.4, 0.5) is 5.69 Å². The fourth-order valence-corrected chi connectivity index (χ4v) is 4.22. The summed E-state index contributed by atoms with van der Waals surface area (Å²) >= 11 is 0. The van der Waals surface area contributed by atoms with E-state index in [-0.39, 0.29) is 22.5 Å². The monoisotopic (exact) mass is 463 g/mol. The van der Waals surface area contributed by atoms with Gasteiger partial charge in [0.15, 0.2) is 6.10 Å². The maximum atomic E-state index is 13.3. The number of amides is 2. The molecule has 1 atom stereocenters. The van der Waals surface area contributed by atoms with Gasteiger partial charge in [0.1, 0.15) is 0 Å².